The van der Waals surface area contributed by atoms with Gasteiger partial charge in [0, 0.05) is 55.8 Å². The first-order chi connectivity index (χ1) is 13.4. The number of piperazine rings is 1. The van der Waals surface area contributed by atoms with Crippen molar-refractivity contribution in [3.05, 3.63) is 52.3 Å². The van der Waals surface area contributed by atoms with Crippen molar-refractivity contribution >= 4 is 17.1 Å². The fourth-order valence-corrected chi connectivity index (χ4v) is 3.12. The summed E-state index contributed by atoms with van der Waals surface area (Å²) in [6, 6.07) is 8.61. The van der Waals surface area contributed by atoms with Gasteiger partial charge in [-0.05, 0) is 18.2 Å². The van der Waals surface area contributed by atoms with Gasteiger partial charge in [0.1, 0.15) is 0 Å². The van der Waals surface area contributed by atoms with Crippen molar-refractivity contribution in [2.45, 2.75) is 6.61 Å². The normalized spacial score (nSPS) is 14.3. The number of ether oxygens (including phenoxy) is 2. The lowest BCUT2D eigenvalue weighted by Crippen LogP contribution is -2.46. The van der Waals surface area contributed by atoms with Gasteiger partial charge in [0.05, 0.1) is 12.0 Å². The summed E-state index contributed by atoms with van der Waals surface area (Å²) in [4.78, 5) is 14.1. The molecule has 0 atom stereocenters. The van der Waals surface area contributed by atoms with Crippen LogP contribution in [0.5, 0.6) is 11.5 Å². The molecule has 1 fully saturated rings. The van der Waals surface area contributed by atoms with E-state index in [1.807, 2.05) is 9.80 Å². The number of hydrogen-bond donors (Lipinski definition) is 0. The summed E-state index contributed by atoms with van der Waals surface area (Å²) in [6.07, 6.45) is 0. The van der Waals surface area contributed by atoms with E-state index in [9.17, 15) is 23.3 Å². The number of methoxy groups -OCH3 is 1. The summed E-state index contributed by atoms with van der Waals surface area (Å²) < 4.78 is 48.2. The second-order valence-corrected chi connectivity index (χ2v) is 6.08. The third kappa shape index (κ3) is 4.21. The van der Waals surface area contributed by atoms with Crippen LogP contribution in [-0.4, -0.2) is 44.8 Å². The Morgan fingerprint density at radius 2 is 1.57 bits per heavy atom. The molecule has 0 unspecified atom stereocenters. The zero-order valence-electron chi connectivity index (χ0n) is 15.0. The lowest BCUT2D eigenvalue weighted by atomic mass is 10.2. The van der Waals surface area contributed by atoms with Crippen molar-refractivity contribution in [2.75, 3.05) is 43.1 Å². The second kappa shape index (κ2) is 8.24. The van der Waals surface area contributed by atoms with E-state index in [1.165, 1.54) is 25.3 Å². The highest BCUT2D eigenvalue weighted by molar-refractivity contribution is 5.60. The Labute approximate surface area is 159 Å². The fraction of sp³-hybridized carbons (Fsp3) is 0.333. The van der Waals surface area contributed by atoms with Crippen LogP contribution in [0.15, 0.2) is 36.4 Å². The summed E-state index contributed by atoms with van der Waals surface area (Å²) in [5.74, 6) is -0.761. The van der Waals surface area contributed by atoms with Gasteiger partial charge >= 0.3 is 12.3 Å². The Balaban J connectivity index is 1.72. The monoisotopic (exact) mass is 397 g/mol. The molecule has 1 aliphatic heterocycles. The van der Waals surface area contributed by atoms with Crippen molar-refractivity contribution in [3.63, 3.8) is 0 Å². The highest BCUT2D eigenvalue weighted by Gasteiger charge is 2.23. The smallest absolute Gasteiger partial charge is 0.387 e. The van der Waals surface area contributed by atoms with E-state index in [2.05, 4.69) is 4.74 Å². The molecule has 0 aliphatic carbocycles. The molecule has 0 spiro atoms. The van der Waals surface area contributed by atoms with Crippen LogP contribution in [0.1, 0.15) is 0 Å². The number of anilines is 2. The molecule has 150 valence electrons. The number of nitro benzene ring substituents is 1. The first-order valence-electron chi connectivity index (χ1n) is 8.45. The largest absolute Gasteiger partial charge is 0.494 e. The molecule has 10 heteroatoms. The molecule has 7 nitrogen and oxygen atoms in total. The maximum absolute atomic E-state index is 13.9. The number of nitrogens with zero attached hydrogens (tertiary/aromatic N) is 3. The summed E-state index contributed by atoms with van der Waals surface area (Å²) in [7, 11) is 1.40. The van der Waals surface area contributed by atoms with Gasteiger partial charge in [0.2, 0.25) is 5.75 Å². The minimum absolute atomic E-state index is 0.167. The summed E-state index contributed by atoms with van der Waals surface area (Å²) in [6.45, 7) is -0.975. The molecular weight excluding hydrogens is 379 g/mol. The van der Waals surface area contributed by atoms with Crippen LogP contribution in [0.2, 0.25) is 0 Å². The SMILES string of the molecule is COc1ccc(N2CCN(c3ccc([N+](=O)[O-])c(OC(F)F)c3)CC2)cc1F. The van der Waals surface area contributed by atoms with E-state index >= 15 is 0 Å². The van der Waals surface area contributed by atoms with Crippen LogP contribution < -0.4 is 19.3 Å². The van der Waals surface area contributed by atoms with Crippen LogP contribution in [0.4, 0.5) is 30.2 Å². The van der Waals surface area contributed by atoms with E-state index in [0.29, 0.717) is 37.6 Å². The molecule has 1 saturated heterocycles. The predicted octanol–water partition coefficient (Wildman–Crippen LogP) is 3.67. The van der Waals surface area contributed by atoms with Gasteiger partial charge in [-0.25, -0.2) is 4.39 Å². The number of halogens is 3. The zero-order chi connectivity index (χ0) is 20.3. The topological polar surface area (TPSA) is 68.1 Å². The van der Waals surface area contributed by atoms with Crippen molar-refractivity contribution in [2.24, 2.45) is 0 Å². The van der Waals surface area contributed by atoms with Gasteiger partial charge in [0.15, 0.2) is 11.6 Å². The average Bonchev–Trinajstić information content (AvgIpc) is 2.67. The number of benzene rings is 2. The Hall–Kier alpha value is -3.17. The summed E-state index contributed by atoms with van der Waals surface area (Å²) in [5.41, 5.74) is 0.738. The lowest BCUT2D eigenvalue weighted by Gasteiger charge is -2.37. The lowest BCUT2D eigenvalue weighted by molar-refractivity contribution is -0.386. The number of hydrogen-bond acceptors (Lipinski definition) is 6. The van der Waals surface area contributed by atoms with Crippen LogP contribution in [0.3, 0.4) is 0 Å². The molecule has 1 aliphatic rings. The molecule has 1 heterocycles. The van der Waals surface area contributed by atoms with Crippen LogP contribution in [0, 0.1) is 15.9 Å². The third-order valence-corrected chi connectivity index (χ3v) is 4.50. The minimum Gasteiger partial charge on any atom is -0.494 e. The molecule has 0 amide bonds. The summed E-state index contributed by atoms with van der Waals surface area (Å²) >= 11 is 0. The molecule has 0 aromatic heterocycles. The van der Waals surface area contributed by atoms with E-state index in [4.69, 9.17) is 4.74 Å². The minimum atomic E-state index is -3.16. The molecule has 2 aromatic carbocycles. The average molecular weight is 397 g/mol. The van der Waals surface area contributed by atoms with Crippen LogP contribution in [-0.2, 0) is 0 Å². The predicted molar refractivity (Wildman–Crippen MR) is 97.1 cm³/mol. The van der Waals surface area contributed by atoms with Crippen LogP contribution >= 0.6 is 0 Å². The first kappa shape index (κ1) is 19.6. The molecule has 0 saturated carbocycles. The van der Waals surface area contributed by atoms with Gasteiger partial charge in [0.25, 0.3) is 0 Å². The molecule has 0 bridgehead atoms. The van der Waals surface area contributed by atoms with Crippen molar-refractivity contribution in [1.29, 1.82) is 0 Å². The highest BCUT2D eigenvalue weighted by Crippen LogP contribution is 2.33. The highest BCUT2D eigenvalue weighted by atomic mass is 19.3. The van der Waals surface area contributed by atoms with E-state index in [-0.39, 0.29) is 5.75 Å². The number of alkyl halides is 2. The fourth-order valence-electron chi connectivity index (χ4n) is 3.12. The number of rotatable bonds is 6. The third-order valence-electron chi connectivity index (χ3n) is 4.50. The van der Waals surface area contributed by atoms with Crippen molar-refractivity contribution in [3.8, 4) is 11.5 Å². The molecule has 3 rings (SSSR count). The quantitative estimate of drug-likeness (QED) is 0.547. The maximum Gasteiger partial charge on any atom is 0.387 e. The molecule has 2 aromatic rings. The Bertz CT molecular complexity index is 858. The van der Waals surface area contributed by atoms with Gasteiger partial charge in [-0.3, -0.25) is 10.1 Å². The molecule has 0 N–H and O–H groups in total. The zero-order valence-corrected chi connectivity index (χ0v) is 15.0. The van der Waals surface area contributed by atoms with Crippen LogP contribution in [0.25, 0.3) is 0 Å². The van der Waals surface area contributed by atoms with E-state index in [1.54, 1.807) is 12.1 Å². The van der Waals surface area contributed by atoms with Crippen molar-refractivity contribution in [1.82, 2.24) is 0 Å². The van der Waals surface area contributed by atoms with Gasteiger partial charge in [-0.15, -0.1) is 0 Å². The number of nitro groups is 1. The second-order valence-electron chi connectivity index (χ2n) is 6.08. The van der Waals surface area contributed by atoms with E-state index in [0.717, 1.165) is 6.07 Å². The Morgan fingerprint density at radius 1 is 1.00 bits per heavy atom. The van der Waals surface area contributed by atoms with Gasteiger partial charge in [-0.1, -0.05) is 0 Å². The van der Waals surface area contributed by atoms with E-state index < -0.39 is 28.8 Å². The first-order valence-corrected chi connectivity index (χ1v) is 8.45. The standard InChI is InChI=1S/C18H18F3N3O4/c1-27-16-5-3-12(10-14(16)19)22-6-8-23(9-7-22)13-2-4-15(24(25)26)17(11-13)28-18(20)21/h2-5,10-11,18H,6-9H2,1H3. The van der Waals surface area contributed by atoms with Gasteiger partial charge < -0.3 is 19.3 Å². The molecular formula is C18H18F3N3O4. The molecule has 0 radical (unpaired) electrons. The van der Waals surface area contributed by atoms with Crippen molar-refractivity contribution < 1.29 is 27.6 Å². The Morgan fingerprint density at radius 3 is 2.07 bits per heavy atom. The van der Waals surface area contributed by atoms with Gasteiger partial charge in [-0.2, -0.15) is 8.78 Å². The maximum atomic E-state index is 13.9. The Kier molecular flexibility index (Phi) is 5.76. The summed E-state index contributed by atoms with van der Waals surface area (Å²) in [5, 5.41) is 11.0. The molecule has 28 heavy (non-hydrogen) atoms.